The van der Waals surface area contributed by atoms with Crippen LogP contribution in [-0.4, -0.2) is 46.0 Å². The van der Waals surface area contributed by atoms with Crippen LogP contribution in [0.25, 0.3) is 0 Å². The van der Waals surface area contributed by atoms with Crippen molar-refractivity contribution >= 4 is 0 Å². The molecule has 0 unspecified atom stereocenters. The number of nitrogens with zero attached hydrogens (tertiary/aromatic N) is 4. The van der Waals surface area contributed by atoms with Gasteiger partial charge in [-0.05, 0) is 58.5 Å². The highest BCUT2D eigenvalue weighted by atomic mass is 16.5. The molecule has 2 aliphatic heterocycles. The molecule has 0 bridgehead atoms. The Labute approximate surface area is 152 Å². The van der Waals surface area contributed by atoms with Gasteiger partial charge in [-0.15, -0.1) is 0 Å². The maximum atomic E-state index is 5.55. The lowest BCUT2D eigenvalue weighted by molar-refractivity contribution is 0.0196. The summed E-state index contributed by atoms with van der Waals surface area (Å²) < 4.78 is 7.79. The molecular weight excluding hydrogens is 312 g/mol. The predicted octanol–water partition coefficient (Wildman–Crippen LogP) is 3.84. The highest BCUT2D eigenvalue weighted by Gasteiger charge is 2.44. The highest BCUT2D eigenvalue weighted by Crippen LogP contribution is 2.43. The zero-order valence-electron chi connectivity index (χ0n) is 15.9. The molecule has 0 atom stereocenters. The fraction of sp³-hybridized carbons (Fsp3) is 0.900. The summed E-state index contributed by atoms with van der Waals surface area (Å²) in [6, 6.07) is 0. The van der Waals surface area contributed by atoms with Gasteiger partial charge in [0.25, 0.3) is 0 Å². The largest absolute Gasteiger partial charge is 0.381 e. The van der Waals surface area contributed by atoms with Gasteiger partial charge in [-0.25, -0.2) is 9.67 Å². The van der Waals surface area contributed by atoms with Crippen molar-refractivity contribution in [2.75, 3.05) is 26.3 Å². The first-order chi connectivity index (χ1) is 12.3. The van der Waals surface area contributed by atoms with Crippen LogP contribution < -0.4 is 0 Å². The van der Waals surface area contributed by atoms with Crippen molar-refractivity contribution in [2.45, 2.75) is 89.1 Å². The van der Waals surface area contributed by atoms with Crippen molar-refractivity contribution in [3.8, 4) is 0 Å². The van der Waals surface area contributed by atoms with E-state index in [9.17, 15) is 0 Å². The smallest absolute Gasteiger partial charge is 0.154 e. The van der Waals surface area contributed by atoms with E-state index in [0.717, 1.165) is 38.4 Å². The second kappa shape index (κ2) is 7.75. The molecule has 3 aliphatic rings. The van der Waals surface area contributed by atoms with Crippen LogP contribution in [0.1, 0.15) is 88.7 Å². The van der Waals surface area contributed by atoms with Gasteiger partial charge >= 0.3 is 0 Å². The predicted molar refractivity (Wildman–Crippen MR) is 98.7 cm³/mol. The van der Waals surface area contributed by atoms with E-state index in [2.05, 4.69) is 16.5 Å². The normalized spacial score (nSPS) is 26.0. The Balaban J connectivity index is 1.69. The van der Waals surface area contributed by atoms with Gasteiger partial charge in [0.05, 0.1) is 5.54 Å². The molecule has 25 heavy (non-hydrogen) atoms. The number of hydrogen-bond acceptors (Lipinski definition) is 4. The lowest BCUT2D eigenvalue weighted by atomic mass is 9.78. The SMILES string of the molecule is CCn1nc(C2CCOCC2)nc1C1(N2CCCCC2)CCCCC1. The molecule has 4 rings (SSSR count). The van der Waals surface area contributed by atoms with Gasteiger partial charge in [0, 0.05) is 25.7 Å². The van der Waals surface area contributed by atoms with Crippen LogP contribution in [0, 0.1) is 0 Å². The number of aryl methyl sites for hydroxylation is 1. The minimum atomic E-state index is 0.144. The molecule has 140 valence electrons. The third-order valence-electron chi connectivity index (χ3n) is 6.63. The van der Waals surface area contributed by atoms with Crippen LogP contribution >= 0.6 is 0 Å². The van der Waals surface area contributed by atoms with Gasteiger partial charge in [-0.1, -0.05) is 25.7 Å². The average Bonchev–Trinajstić information content (AvgIpc) is 3.15. The van der Waals surface area contributed by atoms with E-state index >= 15 is 0 Å². The van der Waals surface area contributed by atoms with Gasteiger partial charge < -0.3 is 4.74 Å². The van der Waals surface area contributed by atoms with E-state index in [-0.39, 0.29) is 5.54 Å². The molecule has 0 amide bonds. The molecule has 0 radical (unpaired) electrons. The van der Waals surface area contributed by atoms with E-state index in [1.807, 2.05) is 0 Å². The van der Waals surface area contributed by atoms with Crippen molar-refractivity contribution in [1.82, 2.24) is 19.7 Å². The summed E-state index contributed by atoms with van der Waals surface area (Å²) in [6.07, 6.45) is 12.8. The van der Waals surface area contributed by atoms with E-state index in [0.29, 0.717) is 5.92 Å². The van der Waals surface area contributed by atoms with Crippen molar-refractivity contribution < 1.29 is 4.74 Å². The van der Waals surface area contributed by atoms with Crippen molar-refractivity contribution in [3.63, 3.8) is 0 Å². The highest BCUT2D eigenvalue weighted by molar-refractivity contribution is 5.13. The third kappa shape index (κ3) is 3.37. The summed E-state index contributed by atoms with van der Waals surface area (Å²) in [7, 11) is 0. The second-order valence-electron chi connectivity index (χ2n) is 8.14. The maximum Gasteiger partial charge on any atom is 0.154 e. The van der Waals surface area contributed by atoms with Gasteiger partial charge in [-0.2, -0.15) is 5.10 Å². The minimum Gasteiger partial charge on any atom is -0.381 e. The molecule has 3 fully saturated rings. The Hall–Kier alpha value is -0.940. The van der Waals surface area contributed by atoms with Crippen LogP contribution in [0.15, 0.2) is 0 Å². The minimum absolute atomic E-state index is 0.144. The maximum absolute atomic E-state index is 5.55. The molecule has 0 aromatic carbocycles. The summed E-state index contributed by atoms with van der Waals surface area (Å²) in [4.78, 5) is 8.01. The number of piperidine rings is 1. The Kier molecular flexibility index (Phi) is 5.41. The number of hydrogen-bond donors (Lipinski definition) is 0. The molecule has 1 aromatic rings. The topological polar surface area (TPSA) is 43.2 Å². The summed E-state index contributed by atoms with van der Waals surface area (Å²) >= 11 is 0. The molecular formula is C20H34N4O. The standard InChI is InChI=1S/C20H34N4O/c1-2-24-19(21-18(22-24)17-9-15-25-16-10-17)20(11-5-3-6-12-20)23-13-7-4-8-14-23/h17H,2-16H2,1H3. The summed E-state index contributed by atoms with van der Waals surface area (Å²) in [5.74, 6) is 2.85. The zero-order chi connectivity index (χ0) is 17.1. The van der Waals surface area contributed by atoms with Gasteiger partial charge in [0.1, 0.15) is 5.82 Å². The first kappa shape index (κ1) is 17.5. The van der Waals surface area contributed by atoms with E-state index < -0.39 is 0 Å². The number of likely N-dealkylation sites (tertiary alicyclic amines) is 1. The molecule has 0 N–H and O–H groups in total. The number of aromatic nitrogens is 3. The Morgan fingerprint density at radius 2 is 1.68 bits per heavy atom. The van der Waals surface area contributed by atoms with E-state index in [1.165, 1.54) is 70.3 Å². The summed E-state index contributed by atoms with van der Waals surface area (Å²) in [5.41, 5.74) is 0.144. The lowest BCUT2D eigenvalue weighted by Gasteiger charge is -2.47. The lowest BCUT2D eigenvalue weighted by Crippen LogP contribution is -2.51. The quantitative estimate of drug-likeness (QED) is 0.831. The fourth-order valence-corrected chi connectivity index (χ4v) is 5.19. The molecule has 3 heterocycles. The third-order valence-corrected chi connectivity index (χ3v) is 6.63. The van der Waals surface area contributed by atoms with Gasteiger partial charge in [-0.3, -0.25) is 4.90 Å². The first-order valence-corrected chi connectivity index (χ1v) is 10.6. The van der Waals surface area contributed by atoms with E-state index in [1.54, 1.807) is 0 Å². The van der Waals surface area contributed by atoms with E-state index in [4.69, 9.17) is 14.8 Å². The summed E-state index contributed by atoms with van der Waals surface area (Å²) in [6.45, 7) is 7.35. The summed E-state index contributed by atoms with van der Waals surface area (Å²) in [5, 5.41) is 4.99. The zero-order valence-corrected chi connectivity index (χ0v) is 15.9. The van der Waals surface area contributed by atoms with Crippen molar-refractivity contribution in [1.29, 1.82) is 0 Å². The fourth-order valence-electron chi connectivity index (χ4n) is 5.19. The van der Waals surface area contributed by atoms with Crippen LogP contribution in [0.4, 0.5) is 0 Å². The van der Waals surface area contributed by atoms with Crippen LogP contribution in [0.3, 0.4) is 0 Å². The number of rotatable bonds is 4. The first-order valence-electron chi connectivity index (χ1n) is 10.6. The average molecular weight is 347 g/mol. The molecule has 0 spiro atoms. The van der Waals surface area contributed by atoms with Crippen molar-refractivity contribution in [2.24, 2.45) is 0 Å². The molecule has 5 nitrogen and oxygen atoms in total. The van der Waals surface area contributed by atoms with Crippen LogP contribution in [-0.2, 0) is 16.8 Å². The molecule has 2 saturated heterocycles. The Bertz CT molecular complexity index is 552. The Morgan fingerprint density at radius 3 is 2.36 bits per heavy atom. The van der Waals surface area contributed by atoms with Crippen LogP contribution in [0.5, 0.6) is 0 Å². The molecule has 5 heteroatoms. The monoisotopic (exact) mass is 346 g/mol. The van der Waals surface area contributed by atoms with Crippen molar-refractivity contribution in [3.05, 3.63) is 11.6 Å². The van der Waals surface area contributed by atoms with Gasteiger partial charge in [0.2, 0.25) is 0 Å². The second-order valence-corrected chi connectivity index (χ2v) is 8.14. The Morgan fingerprint density at radius 1 is 1.00 bits per heavy atom. The molecule has 1 aromatic heterocycles. The molecule has 1 saturated carbocycles. The van der Waals surface area contributed by atoms with Crippen LogP contribution in [0.2, 0.25) is 0 Å². The number of ether oxygens (including phenoxy) is 1. The molecule has 1 aliphatic carbocycles. The van der Waals surface area contributed by atoms with Gasteiger partial charge in [0.15, 0.2) is 5.82 Å².